The Hall–Kier alpha value is -5.93. The van der Waals surface area contributed by atoms with Gasteiger partial charge in [-0.1, -0.05) is 36.4 Å². The van der Waals surface area contributed by atoms with E-state index < -0.39 is 0 Å². The van der Waals surface area contributed by atoms with E-state index in [9.17, 15) is 0 Å². The van der Waals surface area contributed by atoms with Crippen molar-refractivity contribution in [2.75, 3.05) is 9.80 Å². The van der Waals surface area contributed by atoms with Crippen molar-refractivity contribution in [2.24, 2.45) is 0 Å². The number of hydrogen-bond donors (Lipinski definition) is 0. The van der Waals surface area contributed by atoms with E-state index in [1.54, 1.807) is 34.0 Å². The third kappa shape index (κ3) is 4.61. The first-order valence-corrected chi connectivity index (χ1v) is 19.1. The Labute approximate surface area is 303 Å². The summed E-state index contributed by atoms with van der Waals surface area (Å²) < 4.78 is 14.9. The number of fused-ring (bicyclic) bond motifs is 9. The maximum atomic E-state index is 6.29. The first-order valence-electron chi connectivity index (χ1n) is 16.6. The number of pyridine rings is 1. The van der Waals surface area contributed by atoms with Crippen molar-refractivity contribution < 1.29 is 8.83 Å². The molecule has 0 unspecified atom stereocenters. The van der Waals surface area contributed by atoms with Crippen LogP contribution in [0.4, 0.5) is 32.8 Å². The van der Waals surface area contributed by atoms with E-state index in [1.165, 1.54) is 4.70 Å². The maximum absolute atomic E-state index is 6.29. The number of aromatic nitrogens is 1. The van der Waals surface area contributed by atoms with Crippen molar-refractivity contribution >= 4 is 131 Å². The van der Waals surface area contributed by atoms with Gasteiger partial charge in [-0.2, -0.15) is 0 Å². The maximum Gasteiger partial charge on any atom is 0.137 e. The molecule has 0 saturated heterocycles. The molecule has 0 spiro atoms. The minimum atomic E-state index is 0.869. The summed E-state index contributed by atoms with van der Waals surface area (Å²) >= 11 is 5.20. The molecular formula is C43H25N3O2S3. The predicted molar refractivity (Wildman–Crippen MR) is 217 cm³/mol. The minimum absolute atomic E-state index is 0.869. The number of furan rings is 2. The van der Waals surface area contributed by atoms with Crippen molar-refractivity contribution in [3.8, 4) is 0 Å². The molecule has 8 heteroatoms. The largest absolute Gasteiger partial charge is 0.456 e. The smallest absolute Gasteiger partial charge is 0.137 e. The van der Waals surface area contributed by atoms with Crippen molar-refractivity contribution in [3.05, 3.63) is 150 Å². The summed E-state index contributed by atoms with van der Waals surface area (Å²) in [5, 5.41) is 12.1. The summed E-state index contributed by atoms with van der Waals surface area (Å²) in [6.07, 6.45) is 1.99. The summed E-state index contributed by atoms with van der Waals surface area (Å²) in [4.78, 5) is 9.67. The van der Waals surface area contributed by atoms with Crippen molar-refractivity contribution in [1.29, 1.82) is 0 Å². The average molecular weight is 712 g/mol. The van der Waals surface area contributed by atoms with Gasteiger partial charge in [0.2, 0.25) is 0 Å². The first kappa shape index (κ1) is 28.9. The number of para-hydroxylation sites is 2. The van der Waals surface area contributed by atoms with Crippen LogP contribution in [0.15, 0.2) is 159 Å². The van der Waals surface area contributed by atoms with Crippen molar-refractivity contribution in [1.82, 2.24) is 4.98 Å². The van der Waals surface area contributed by atoms with Crippen molar-refractivity contribution in [2.45, 2.75) is 0 Å². The molecule has 11 rings (SSSR count). The van der Waals surface area contributed by atoms with E-state index in [0.717, 1.165) is 92.2 Å². The summed E-state index contributed by atoms with van der Waals surface area (Å²) in [6, 6.07) is 46.9. The van der Waals surface area contributed by atoms with Crippen LogP contribution in [0.25, 0.3) is 64.2 Å². The van der Waals surface area contributed by atoms with Gasteiger partial charge >= 0.3 is 0 Å². The monoisotopic (exact) mass is 711 g/mol. The van der Waals surface area contributed by atoms with Crippen LogP contribution in [0.1, 0.15) is 0 Å². The molecule has 0 radical (unpaired) electrons. The zero-order chi connectivity index (χ0) is 33.5. The quantitative estimate of drug-likeness (QED) is 0.172. The van der Waals surface area contributed by atoms with Crippen LogP contribution in [0.2, 0.25) is 0 Å². The van der Waals surface area contributed by atoms with Crippen molar-refractivity contribution in [3.63, 3.8) is 0 Å². The summed E-state index contributed by atoms with van der Waals surface area (Å²) in [6.45, 7) is 0. The molecule has 51 heavy (non-hydrogen) atoms. The molecule has 0 aliphatic heterocycles. The average Bonchev–Trinajstić information content (AvgIpc) is 4.01. The lowest BCUT2D eigenvalue weighted by atomic mass is 10.1. The Morgan fingerprint density at radius 1 is 0.431 bits per heavy atom. The zero-order valence-electron chi connectivity index (χ0n) is 26.8. The zero-order valence-corrected chi connectivity index (χ0v) is 29.3. The fourth-order valence-corrected chi connectivity index (χ4v) is 9.86. The van der Waals surface area contributed by atoms with Gasteiger partial charge in [-0.15, -0.1) is 34.0 Å². The van der Waals surface area contributed by atoms with Gasteiger partial charge in [0.25, 0.3) is 0 Å². The van der Waals surface area contributed by atoms with Crippen LogP contribution >= 0.6 is 34.0 Å². The van der Waals surface area contributed by atoms with E-state index in [1.807, 2.05) is 30.5 Å². The molecule has 5 aromatic carbocycles. The standard InChI is InChI=1S/C43H25N3O2S3/c1-3-9-35-30(7-1)32-16-13-26(21-37(32)47-35)45(41-11-5-19-49-41)28-15-18-34-39(23-28)51-40-24-29(25-44-43(34)40)46(42-12-6-20-50-42)27-14-17-33-31-8-2-4-10-36(31)48-38(33)22-27/h1-25H. The Morgan fingerprint density at radius 2 is 0.941 bits per heavy atom. The Bertz CT molecular complexity index is 2860. The van der Waals surface area contributed by atoms with Crippen LogP contribution in [0.5, 0.6) is 0 Å². The second kappa shape index (κ2) is 11.3. The van der Waals surface area contributed by atoms with E-state index in [-0.39, 0.29) is 0 Å². The fraction of sp³-hybridized carbons (Fsp3) is 0. The number of benzene rings is 5. The Kier molecular flexibility index (Phi) is 6.39. The molecule has 0 N–H and O–H groups in total. The third-order valence-electron chi connectivity index (χ3n) is 9.49. The lowest BCUT2D eigenvalue weighted by Crippen LogP contribution is -2.08. The topological polar surface area (TPSA) is 45.7 Å². The number of thiophene rings is 3. The van der Waals surface area contributed by atoms with Crippen LogP contribution in [0.3, 0.4) is 0 Å². The number of nitrogens with zero attached hydrogens (tertiary/aromatic N) is 3. The Morgan fingerprint density at radius 3 is 1.53 bits per heavy atom. The number of anilines is 6. The van der Waals surface area contributed by atoms with E-state index >= 15 is 0 Å². The highest BCUT2D eigenvalue weighted by atomic mass is 32.1. The summed E-state index contributed by atoms with van der Waals surface area (Å²) in [5.74, 6) is 0. The molecule has 242 valence electrons. The van der Waals surface area contributed by atoms with E-state index in [4.69, 9.17) is 13.8 Å². The van der Waals surface area contributed by atoms with E-state index in [2.05, 4.69) is 130 Å². The molecule has 0 amide bonds. The molecule has 0 bridgehead atoms. The Balaban J connectivity index is 1.02. The van der Waals surface area contributed by atoms with Gasteiger partial charge in [-0.05, 0) is 95.7 Å². The van der Waals surface area contributed by atoms with Gasteiger partial charge in [0.05, 0.1) is 43.5 Å². The lowest BCUT2D eigenvalue weighted by Gasteiger charge is -2.23. The second-order valence-corrected chi connectivity index (χ2v) is 15.4. The minimum Gasteiger partial charge on any atom is -0.456 e. The van der Waals surface area contributed by atoms with Gasteiger partial charge in [0, 0.05) is 49.5 Å². The molecule has 0 aliphatic rings. The first-order chi connectivity index (χ1) is 25.2. The number of hydrogen-bond acceptors (Lipinski definition) is 8. The lowest BCUT2D eigenvalue weighted by molar-refractivity contribution is 0.668. The SMILES string of the molecule is c1csc(N(c2ccc3c(c2)oc2ccccc23)c2ccc3c(c2)sc2cc(N(c4ccc5c(c4)oc4ccccc45)c4cccs4)cnc23)c1. The second-order valence-electron chi connectivity index (χ2n) is 12.5. The van der Waals surface area contributed by atoms with Gasteiger partial charge in [0.15, 0.2) is 0 Å². The molecule has 6 heterocycles. The van der Waals surface area contributed by atoms with Gasteiger partial charge < -0.3 is 18.6 Å². The van der Waals surface area contributed by atoms with Crippen LogP contribution in [-0.2, 0) is 0 Å². The van der Waals surface area contributed by atoms with Crippen LogP contribution in [0, 0.1) is 0 Å². The van der Waals surface area contributed by atoms with Gasteiger partial charge in [0.1, 0.15) is 22.3 Å². The summed E-state index contributed by atoms with van der Waals surface area (Å²) in [7, 11) is 0. The highest BCUT2D eigenvalue weighted by Crippen LogP contribution is 2.45. The van der Waals surface area contributed by atoms with Crippen LogP contribution in [-0.4, -0.2) is 4.98 Å². The van der Waals surface area contributed by atoms with Gasteiger partial charge in [-0.25, -0.2) is 0 Å². The van der Waals surface area contributed by atoms with E-state index in [0.29, 0.717) is 0 Å². The molecule has 0 aliphatic carbocycles. The number of rotatable bonds is 6. The molecular weight excluding hydrogens is 687 g/mol. The predicted octanol–water partition coefficient (Wildman–Crippen LogP) is 14.3. The summed E-state index contributed by atoms with van der Waals surface area (Å²) in [5.41, 5.74) is 8.73. The highest BCUT2D eigenvalue weighted by molar-refractivity contribution is 7.25. The molecule has 11 aromatic rings. The van der Waals surface area contributed by atoms with Gasteiger partial charge in [-0.3, -0.25) is 4.98 Å². The third-order valence-corrected chi connectivity index (χ3v) is 12.3. The molecule has 0 saturated carbocycles. The molecule has 5 nitrogen and oxygen atoms in total. The van der Waals surface area contributed by atoms with Crippen LogP contribution < -0.4 is 9.80 Å². The molecule has 0 atom stereocenters. The highest BCUT2D eigenvalue weighted by Gasteiger charge is 2.20. The molecule has 6 aromatic heterocycles. The fourth-order valence-electron chi connectivity index (χ4n) is 7.19. The normalized spacial score (nSPS) is 11.9. The molecule has 0 fully saturated rings.